The molecule has 0 saturated carbocycles. The van der Waals surface area contributed by atoms with Gasteiger partial charge in [0.05, 0.1) is 11.0 Å². The Morgan fingerprint density at radius 1 is 0.509 bits per heavy atom. The van der Waals surface area contributed by atoms with Gasteiger partial charge in [-0.05, 0) is 124 Å². The minimum Gasteiger partial charge on any atom is -0.310 e. The third-order valence-corrected chi connectivity index (χ3v) is 11.5. The molecule has 53 heavy (non-hydrogen) atoms. The molecular weight excluding hydrogens is 641 g/mol. The zero-order valence-corrected chi connectivity index (χ0v) is 30.1. The Morgan fingerprint density at radius 3 is 1.83 bits per heavy atom. The van der Waals surface area contributed by atoms with Crippen LogP contribution in [0.1, 0.15) is 37.8 Å². The molecule has 0 unspecified atom stereocenters. The highest BCUT2D eigenvalue weighted by Gasteiger charge is 2.37. The van der Waals surface area contributed by atoms with Gasteiger partial charge in [0.1, 0.15) is 0 Å². The lowest BCUT2D eigenvalue weighted by atomic mass is 9.80. The van der Waals surface area contributed by atoms with E-state index in [2.05, 4.69) is 205 Å². The summed E-state index contributed by atoms with van der Waals surface area (Å²) < 4.78 is 2.37. The third kappa shape index (κ3) is 5.17. The highest BCUT2D eigenvalue weighted by molar-refractivity contribution is 6.10. The summed E-state index contributed by atoms with van der Waals surface area (Å²) in [5.74, 6) is 0. The summed E-state index contributed by atoms with van der Waals surface area (Å²) >= 11 is 0. The number of benzene rings is 7. The molecule has 254 valence electrons. The van der Waals surface area contributed by atoms with E-state index in [1.54, 1.807) is 0 Å². The Hall–Kier alpha value is -6.38. The molecule has 2 nitrogen and oxygen atoms in total. The average Bonchev–Trinajstić information content (AvgIpc) is 3.67. The number of hydrogen-bond acceptors (Lipinski definition) is 1. The molecule has 0 atom stereocenters. The number of rotatable bonds is 6. The molecule has 10 rings (SSSR count). The summed E-state index contributed by atoms with van der Waals surface area (Å²) in [4.78, 5) is 2.42. The van der Waals surface area contributed by atoms with Gasteiger partial charge in [-0.1, -0.05) is 129 Å². The monoisotopic (exact) mass is 680 g/mol. The summed E-state index contributed by atoms with van der Waals surface area (Å²) in [6, 6.07) is 62.2. The zero-order chi connectivity index (χ0) is 35.5. The second kappa shape index (κ2) is 12.4. The minimum atomic E-state index is -0.0352. The molecule has 1 heterocycles. The number of anilines is 3. The molecule has 2 heteroatoms. The molecule has 0 N–H and O–H groups in total. The first-order valence-electron chi connectivity index (χ1n) is 18.7. The molecule has 0 bridgehead atoms. The van der Waals surface area contributed by atoms with Crippen LogP contribution in [0, 0.1) is 0 Å². The van der Waals surface area contributed by atoms with Crippen LogP contribution >= 0.6 is 0 Å². The van der Waals surface area contributed by atoms with Crippen molar-refractivity contribution in [3.05, 3.63) is 199 Å². The van der Waals surface area contributed by atoms with Gasteiger partial charge in [0.2, 0.25) is 0 Å². The van der Waals surface area contributed by atoms with Crippen molar-refractivity contribution in [2.75, 3.05) is 4.90 Å². The lowest BCUT2D eigenvalue weighted by Gasteiger charge is -2.29. The SMILES string of the molecule is CC1(C)C2=C(CCC=C2)c2ccc(N(c3ccc(-c4ccccc4)cc3)c3ccc(-c4ccc5c(c4)c4ccccc4n5-c4ccccc4)cc3)cc21. The number of aromatic nitrogens is 1. The van der Waals surface area contributed by atoms with E-state index in [1.807, 2.05) is 0 Å². The molecule has 0 radical (unpaired) electrons. The molecule has 0 fully saturated rings. The van der Waals surface area contributed by atoms with Gasteiger partial charge in [-0.15, -0.1) is 0 Å². The van der Waals surface area contributed by atoms with Crippen LogP contribution in [0.5, 0.6) is 0 Å². The van der Waals surface area contributed by atoms with Gasteiger partial charge in [0.25, 0.3) is 0 Å². The number of nitrogens with zero attached hydrogens (tertiary/aromatic N) is 2. The van der Waals surface area contributed by atoms with Crippen molar-refractivity contribution in [1.29, 1.82) is 0 Å². The highest BCUT2D eigenvalue weighted by atomic mass is 15.1. The van der Waals surface area contributed by atoms with E-state index in [1.165, 1.54) is 77.7 Å². The maximum atomic E-state index is 2.44. The topological polar surface area (TPSA) is 8.17 Å². The molecule has 2 aliphatic rings. The molecule has 7 aromatic carbocycles. The minimum absolute atomic E-state index is 0.0352. The van der Waals surface area contributed by atoms with E-state index >= 15 is 0 Å². The second-order valence-corrected chi connectivity index (χ2v) is 14.9. The Balaban J connectivity index is 1.06. The van der Waals surface area contributed by atoms with E-state index in [9.17, 15) is 0 Å². The fourth-order valence-corrected chi connectivity index (χ4v) is 8.82. The molecule has 0 spiro atoms. The van der Waals surface area contributed by atoms with Gasteiger partial charge in [-0.25, -0.2) is 0 Å². The predicted molar refractivity (Wildman–Crippen MR) is 225 cm³/mol. The molecule has 0 saturated heterocycles. The Bertz CT molecular complexity index is 2710. The molecule has 0 aliphatic heterocycles. The van der Waals surface area contributed by atoms with Gasteiger partial charge in [0.15, 0.2) is 0 Å². The van der Waals surface area contributed by atoms with Crippen LogP contribution < -0.4 is 4.90 Å². The Labute approximate surface area is 311 Å². The first-order chi connectivity index (χ1) is 26.0. The highest BCUT2D eigenvalue weighted by Crippen LogP contribution is 2.51. The van der Waals surface area contributed by atoms with E-state index in [0.29, 0.717) is 0 Å². The van der Waals surface area contributed by atoms with Gasteiger partial charge in [-0.2, -0.15) is 0 Å². The lowest BCUT2D eigenvalue weighted by Crippen LogP contribution is -2.18. The fraction of sp³-hybridized carbons (Fsp3) is 0.0980. The van der Waals surface area contributed by atoms with Crippen molar-refractivity contribution in [1.82, 2.24) is 4.57 Å². The van der Waals surface area contributed by atoms with Crippen LogP contribution in [0.15, 0.2) is 188 Å². The fourth-order valence-electron chi connectivity index (χ4n) is 8.82. The average molecular weight is 681 g/mol. The number of hydrogen-bond donors (Lipinski definition) is 0. The van der Waals surface area contributed by atoms with Gasteiger partial charge in [-0.3, -0.25) is 0 Å². The summed E-state index contributed by atoms with van der Waals surface area (Å²) in [5.41, 5.74) is 17.7. The molecule has 1 aromatic heterocycles. The normalized spacial score (nSPS) is 14.5. The van der Waals surface area contributed by atoms with Crippen molar-refractivity contribution in [3.63, 3.8) is 0 Å². The first kappa shape index (κ1) is 31.4. The van der Waals surface area contributed by atoms with Gasteiger partial charge in [0, 0.05) is 38.9 Å². The maximum Gasteiger partial charge on any atom is 0.0541 e. The lowest BCUT2D eigenvalue weighted by molar-refractivity contribution is 0.651. The van der Waals surface area contributed by atoms with Crippen LogP contribution in [0.4, 0.5) is 17.1 Å². The van der Waals surface area contributed by atoms with Gasteiger partial charge >= 0.3 is 0 Å². The van der Waals surface area contributed by atoms with Crippen molar-refractivity contribution in [2.24, 2.45) is 0 Å². The van der Waals surface area contributed by atoms with E-state index in [4.69, 9.17) is 0 Å². The number of fused-ring (bicyclic) bond motifs is 5. The molecule has 2 aliphatic carbocycles. The van der Waals surface area contributed by atoms with Crippen molar-refractivity contribution in [2.45, 2.75) is 32.1 Å². The van der Waals surface area contributed by atoms with E-state index < -0.39 is 0 Å². The summed E-state index contributed by atoms with van der Waals surface area (Å²) in [5, 5.41) is 2.53. The third-order valence-electron chi connectivity index (χ3n) is 11.5. The maximum absolute atomic E-state index is 2.44. The summed E-state index contributed by atoms with van der Waals surface area (Å²) in [6.45, 7) is 4.77. The molecular formula is C51H40N2. The predicted octanol–water partition coefficient (Wildman–Crippen LogP) is 14.0. The van der Waals surface area contributed by atoms with Crippen LogP contribution in [0.3, 0.4) is 0 Å². The van der Waals surface area contributed by atoms with Crippen LogP contribution in [0.2, 0.25) is 0 Å². The summed E-state index contributed by atoms with van der Waals surface area (Å²) in [7, 11) is 0. The Morgan fingerprint density at radius 2 is 1.09 bits per heavy atom. The van der Waals surface area contributed by atoms with Crippen LogP contribution in [0.25, 0.3) is 55.3 Å². The zero-order valence-electron chi connectivity index (χ0n) is 30.1. The first-order valence-corrected chi connectivity index (χ1v) is 18.7. The van der Waals surface area contributed by atoms with E-state index in [0.717, 1.165) is 24.2 Å². The van der Waals surface area contributed by atoms with Crippen LogP contribution in [-0.2, 0) is 5.41 Å². The largest absolute Gasteiger partial charge is 0.310 e. The Kier molecular flexibility index (Phi) is 7.33. The number of para-hydroxylation sites is 2. The van der Waals surface area contributed by atoms with Gasteiger partial charge < -0.3 is 9.47 Å². The number of allylic oxidation sites excluding steroid dienone is 4. The van der Waals surface area contributed by atoms with Crippen molar-refractivity contribution in [3.8, 4) is 27.9 Å². The smallest absolute Gasteiger partial charge is 0.0541 e. The molecule has 0 amide bonds. The van der Waals surface area contributed by atoms with Crippen molar-refractivity contribution < 1.29 is 0 Å². The second-order valence-electron chi connectivity index (χ2n) is 14.9. The quantitative estimate of drug-likeness (QED) is 0.170. The molecule has 8 aromatic rings. The van der Waals surface area contributed by atoms with Crippen molar-refractivity contribution >= 4 is 44.4 Å². The standard InChI is InChI=1S/C51H40N2/c1-51(2)47-19-11-9-17-43(47)44-31-30-42(34-48(44)51)52(40-26-21-36(22-27-40)35-13-5-3-6-14-35)41-28-23-37(24-29-41)38-25-32-50-46(33-38)45-18-10-12-20-49(45)53(50)39-15-7-4-8-16-39/h3-8,10-16,18-34H,9,17H2,1-2H3. The van der Waals surface area contributed by atoms with E-state index in [-0.39, 0.29) is 5.41 Å². The van der Waals surface area contributed by atoms with Crippen LogP contribution in [-0.4, -0.2) is 4.57 Å². The summed E-state index contributed by atoms with van der Waals surface area (Å²) in [6.07, 6.45) is 6.94.